The van der Waals surface area contributed by atoms with Gasteiger partial charge in [0.25, 0.3) is 0 Å². The van der Waals surface area contributed by atoms with Crippen LogP contribution < -0.4 is 5.32 Å². The van der Waals surface area contributed by atoms with Crippen molar-refractivity contribution in [1.29, 1.82) is 0 Å². The Hall–Kier alpha value is -1.59. The van der Waals surface area contributed by atoms with E-state index in [4.69, 9.17) is 4.42 Å². The van der Waals surface area contributed by atoms with E-state index in [0.29, 0.717) is 6.54 Å². The molecular weight excluding hydrogens is 322 g/mol. The lowest BCUT2D eigenvalue weighted by molar-refractivity contribution is 0.0563. The Morgan fingerprint density at radius 1 is 1.45 bits per heavy atom. The number of carbonyl (C=O) groups excluding carboxylic acids is 1. The van der Waals surface area contributed by atoms with E-state index in [-0.39, 0.29) is 11.8 Å². The summed E-state index contributed by atoms with van der Waals surface area (Å²) in [5, 5.41) is 3.36. The van der Waals surface area contributed by atoms with Crippen molar-refractivity contribution in [2.45, 2.75) is 19.5 Å². The number of furan rings is 1. The molecule has 1 aromatic carbocycles. The molecule has 0 aliphatic rings. The van der Waals surface area contributed by atoms with Gasteiger partial charge >= 0.3 is 5.97 Å². The average molecular weight is 338 g/mol. The molecule has 0 amide bonds. The maximum Gasteiger partial charge on any atom is 0.374 e. The number of carbonyl (C=O) groups is 1. The normalized spacial score (nSPS) is 12.2. The lowest BCUT2D eigenvalue weighted by atomic mass is 10.1. The highest BCUT2D eigenvalue weighted by Gasteiger charge is 2.16. The summed E-state index contributed by atoms with van der Waals surface area (Å²) in [4.78, 5) is 11.5. The van der Waals surface area contributed by atoms with Crippen LogP contribution in [0.3, 0.4) is 0 Å². The van der Waals surface area contributed by atoms with Crippen molar-refractivity contribution in [3.8, 4) is 0 Å². The second-order valence-electron chi connectivity index (χ2n) is 4.42. The van der Waals surface area contributed by atoms with Crippen LogP contribution in [-0.4, -0.2) is 13.1 Å². The standard InChI is InChI=1S/C15H16BrNO3/c1-10(11-4-3-5-13(16)8-11)17-9-12-6-7-20-14(12)15(18)19-2/h3-8,10,17H,9H2,1-2H3/t10-/m1/s1. The number of halogens is 1. The summed E-state index contributed by atoms with van der Waals surface area (Å²) < 4.78 is 10.9. The second kappa shape index (κ2) is 6.72. The van der Waals surface area contributed by atoms with Crippen molar-refractivity contribution in [3.05, 3.63) is 58.0 Å². The van der Waals surface area contributed by atoms with E-state index in [0.717, 1.165) is 10.0 Å². The van der Waals surface area contributed by atoms with Crippen molar-refractivity contribution in [3.63, 3.8) is 0 Å². The van der Waals surface area contributed by atoms with E-state index < -0.39 is 5.97 Å². The Labute approximate surface area is 126 Å². The molecule has 0 aliphatic carbocycles. The molecule has 1 aromatic heterocycles. The Kier molecular flexibility index (Phi) is 4.98. The Morgan fingerprint density at radius 2 is 2.25 bits per heavy atom. The topological polar surface area (TPSA) is 51.5 Å². The molecule has 1 atom stereocenters. The first-order valence-corrected chi connectivity index (χ1v) is 7.04. The Morgan fingerprint density at radius 3 is 2.95 bits per heavy atom. The number of hydrogen-bond donors (Lipinski definition) is 1. The smallest absolute Gasteiger partial charge is 0.374 e. The van der Waals surface area contributed by atoms with Crippen LogP contribution in [0, 0.1) is 0 Å². The predicted molar refractivity (Wildman–Crippen MR) is 79.4 cm³/mol. The van der Waals surface area contributed by atoms with Gasteiger partial charge in [0.15, 0.2) is 0 Å². The van der Waals surface area contributed by atoms with Crippen LogP contribution in [0.25, 0.3) is 0 Å². The quantitative estimate of drug-likeness (QED) is 0.845. The number of rotatable bonds is 5. The van der Waals surface area contributed by atoms with Gasteiger partial charge in [0.05, 0.1) is 13.4 Å². The fourth-order valence-electron chi connectivity index (χ4n) is 1.90. The molecule has 0 bridgehead atoms. The summed E-state index contributed by atoms with van der Waals surface area (Å²) in [6, 6.07) is 10.0. The van der Waals surface area contributed by atoms with Gasteiger partial charge in [-0.1, -0.05) is 28.1 Å². The first kappa shape index (κ1) is 14.8. The van der Waals surface area contributed by atoms with E-state index in [1.54, 1.807) is 6.07 Å². The van der Waals surface area contributed by atoms with Gasteiger partial charge < -0.3 is 14.5 Å². The molecule has 0 fully saturated rings. The van der Waals surface area contributed by atoms with Crippen molar-refractivity contribution in [2.75, 3.05) is 7.11 Å². The van der Waals surface area contributed by atoms with Crippen molar-refractivity contribution >= 4 is 21.9 Å². The minimum absolute atomic E-state index is 0.160. The molecule has 5 heteroatoms. The fourth-order valence-corrected chi connectivity index (χ4v) is 2.32. The summed E-state index contributed by atoms with van der Waals surface area (Å²) in [5.74, 6) is -0.205. The van der Waals surface area contributed by atoms with Gasteiger partial charge in [-0.3, -0.25) is 0 Å². The first-order chi connectivity index (χ1) is 9.61. The predicted octanol–water partition coefficient (Wildman–Crippen LogP) is 3.68. The van der Waals surface area contributed by atoms with E-state index in [1.807, 2.05) is 12.1 Å². The van der Waals surface area contributed by atoms with E-state index in [9.17, 15) is 4.79 Å². The van der Waals surface area contributed by atoms with Gasteiger partial charge in [0.1, 0.15) is 0 Å². The maximum absolute atomic E-state index is 11.5. The minimum atomic E-state index is -0.457. The number of hydrogen-bond acceptors (Lipinski definition) is 4. The van der Waals surface area contributed by atoms with Crippen LogP contribution in [0.15, 0.2) is 45.5 Å². The molecular formula is C15H16BrNO3. The van der Waals surface area contributed by atoms with Gasteiger partial charge in [-0.05, 0) is 30.7 Å². The molecule has 1 heterocycles. The van der Waals surface area contributed by atoms with Crippen molar-refractivity contribution in [1.82, 2.24) is 5.32 Å². The first-order valence-electron chi connectivity index (χ1n) is 6.25. The molecule has 2 aromatic rings. The third-order valence-corrected chi connectivity index (χ3v) is 3.56. The third-order valence-electron chi connectivity index (χ3n) is 3.06. The molecule has 0 unspecified atom stereocenters. The largest absolute Gasteiger partial charge is 0.463 e. The highest BCUT2D eigenvalue weighted by Crippen LogP contribution is 2.19. The number of benzene rings is 1. The van der Waals surface area contributed by atoms with Gasteiger partial charge in [-0.25, -0.2) is 4.79 Å². The maximum atomic E-state index is 11.5. The zero-order chi connectivity index (χ0) is 14.5. The van der Waals surface area contributed by atoms with Gasteiger partial charge in [0, 0.05) is 22.6 Å². The van der Waals surface area contributed by atoms with Gasteiger partial charge in [-0.15, -0.1) is 0 Å². The molecule has 2 rings (SSSR count). The summed E-state index contributed by atoms with van der Waals surface area (Å²) in [6.45, 7) is 2.61. The number of nitrogens with one attached hydrogen (secondary N) is 1. The summed E-state index contributed by atoms with van der Waals surface area (Å²) in [6.07, 6.45) is 1.49. The molecule has 0 saturated heterocycles. The van der Waals surface area contributed by atoms with Crippen LogP contribution in [-0.2, 0) is 11.3 Å². The van der Waals surface area contributed by atoms with Crippen LogP contribution >= 0.6 is 15.9 Å². The summed E-state index contributed by atoms with van der Waals surface area (Å²) >= 11 is 3.46. The van der Waals surface area contributed by atoms with E-state index in [1.165, 1.54) is 18.9 Å². The molecule has 0 radical (unpaired) electrons. The molecule has 1 N–H and O–H groups in total. The molecule has 0 aliphatic heterocycles. The van der Waals surface area contributed by atoms with Crippen LogP contribution in [0.4, 0.5) is 0 Å². The highest BCUT2D eigenvalue weighted by atomic mass is 79.9. The van der Waals surface area contributed by atoms with Crippen molar-refractivity contribution < 1.29 is 13.9 Å². The fraction of sp³-hybridized carbons (Fsp3) is 0.267. The Balaban J connectivity index is 2.02. The average Bonchev–Trinajstić information content (AvgIpc) is 2.92. The van der Waals surface area contributed by atoms with Gasteiger partial charge in [-0.2, -0.15) is 0 Å². The molecule has 0 spiro atoms. The SMILES string of the molecule is COC(=O)c1occc1CN[C@H](C)c1cccc(Br)c1. The van der Waals surface area contributed by atoms with E-state index >= 15 is 0 Å². The molecule has 4 nitrogen and oxygen atoms in total. The number of esters is 1. The highest BCUT2D eigenvalue weighted by molar-refractivity contribution is 9.10. The number of ether oxygens (including phenoxy) is 1. The number of methoxy groups -OCH3 is 1. The van der Waals surface area contributed by atoms with Crippen molar-refractivity contribution in [2.24, 2.45) is 0 Å². The zero-order valence-corrected chi connectivity index (χ0v) is 12.9. The molecule has 106 valence electrons. The Bertz CT molecular complexity index is 594. The second-order valence-corrected chi connectivity index (χ2v) is 5.34. The molecule has 20 heavy (non-hydrogen) atoms. The lowest BCUT2D eigenvalue weighted by Gasteiger charge is -2.14. The zero-order valence-electron chi connectivity index (χ0n) is 11.4. The van der Waals surface area contributed by atoms with Crippen LogP contribution in [0.1, 0.15) is 34.6 Å². The summed E-state index contributed by atoms with van der Waals surface area (Å²) in [7, 11) is 1.34. The van der Waals surface area contributed by atoms with E-state index in [2.05, 4.69) is 45.0 Å². The monoisotopic (exact) mass is 337 g/mol. The van der Waals surface area contributed by atoms with Gasteiger partial charge in [0.2, 0.25) is 5.76 Å². The minimum Gasteiger partial charge on any atom is -0.463 e. The lowest BCUT2D eigenvalue weighted by Crippen LogP contribution is -2.19. The third kappa shape index (κ3) is 3.49. The van der Waals surface area contributed by atoms with Crippen LogP contribution in [0.2, 0.25) is 0 Å². The molecule has 0 saturated carbocycles. The summed E-state index contributed by atoms with van der Waals surface area (Å²) in [5.41, 5.74) is 1.96. The van der Waals surface area contributed by atoms with Crippen LogP contribution in [0.5, 0.6) is 0 Å².